The minimum Gasteiger partial charge on any atom is -0.392 e. The van der Waals surface area contributed by atoms with Crippen LogP contribution in [-0.4, -0.2) is 40.1 Å². The first-order valence-electron chi connectivity index (χ1n) is 7.39. The molecule has 0 fully saturated rings. The molecule has 1 aromatic heterocycles. The van der Waals surface area contributed by atoms with Gasteiger partial charge in [-0.1, -0.05) is 27.7 Å². The first kappa shape index (κ1) is 17.5. The van der Waals surface area contributed by atoms with Crippen molar-refractivity contribution in [3.05, 3.63) is 18.0 Å². The molecule has 1 heterocycles. The lowest BCUT2D eigenvalue weighted by Crippen LogP contribution is -2.46. The number of hydrogen-bond donors (Lipinski definition) is 3. The molecule has 1 rings (SSSR count). The van der Waals surface area contributed by atoms with Gasteiger partial charge in [0, 0.05) is 31.7 Å². The first-order valence-corrected chi connectivity index (χ1v) is 7.39. The van der Waals surface area contributed by atoms with Crippen LogP contribution in [0.15, 0.2) is 12.4 Å². The van der Waals surface area contributed by atoms with Crippen molar-refractivity contribution in [2.75, 3.05) is 13.1 Å². The van der Waals surface area contributed by atoms with Gasteiger partial charge in [-0.2, -0.15) is 5.10 Å². The smallest absolute Gasteiger partial charge is 0.314 e. The summed E-state index contributed by atoms with van der Waals surface area (Å²) in [7, 11) is 1.87. The van der Waals surface area contributed by atoms with E-state index in [4.69, 9.17) is 0 Å². The third-order valence-electron chi connectivity index (χ3n) is 3.59. The molecule has 0 saturated carbocycles. The van der Waals surface area contributed by atoms with Crippen LogP contribution in [0.3, 0.4) is 0 Å². The maximum Gasteiger partial charge on any atom is 0.314 e. The van der Waals surface area contributed by atoms with Crippen LogP contribution in [0.1, 0.15) is 33.3 Å². The summed E-state index contributed by atoms with van der Waals surface area (Å²) in [6.45, 7) is 8.84. The van der Waals surface area contributed by atoms with E-state index < -0.39 is 6.10 Å². The molecule has 1 atom stereocenters. The molecule has 3 N–H and O–H groups in total. The molecule has 2 amide bonds. The molecule has 0 saturated heterocycles. The molecule has 120 valence electrons. The minimum atomic E-state index is -0.451. The second-order valence-electron chi connectivity index (χ2n) is 6.56. The molecule has 6 nitrogen and oxygen atoms in total. The normalized spacial score (nSPS) is 13.3. The van der Waals surface area contributed by atoms with Crippen LogP contribution in [0.2, 0.25) is 0 Å². The lowest BCUT2D eigenvalue weighted by Gasteiger charge is -2.33. The number of rotatable bonds is 7. The predicted octanol–water partition coefficient (Wildman–Crippen LogP) is 1.30. The second-order valence-corrected chi connectivity index (χ2v) is 6.56. The molecule has 0 bridgehead atoms. The van der Waals surface area contributed by atoms with E-state index in [1.54, 1.807) is 10.9 Å². The van der Waals surface area contributed by atoms with Crippen molar-refractivity contribution in [3.63, 3.8) is 0 Å². The number of nitrogens with one attached hydrogen (secondary N) is 2. The second kappa shape index (κ2) is 7.45. The number of aryl methyl sites for hydroxylation is 1. The predicted molar refractivity (Wildman–Crippen MR) is 82.9 cm³/mol. The van der Waals surface area contributed by atoms with Crippen molar-refractivity contribution in [1.29, 1.82) is 0 Å². The summed E-state index contributed by atoms with van der Waals surface area (Å²) in [6, 6.07) is -0.206. The Kier molecular flexibility index (Phi) is 6.20. The molecule has 1 unspecified atom stereocenters. The summed E-state index contributed by atoms with van der Waals surface area (Å²) in [5.74, 6) is 0.162. The van der Waals surface area contributed by atoms with Crippen LogP contribution in [-0.2, 0) is 13.5 Å². The molecule has 0 spiro atoms. The number of nitrogens with zero attached hydrogens (tertiary/aromatic N) is 2. The number of hydrogen-bond acceptors (Lipinski definition) is 3. The van der Waals surface area contributed by atoms with E-state index in [1.807, 2.05) is 40.9 Å². The number of aliphatic hydroxyl groups excluding tert-OH is 1. The summed E-state index contributed by atoms with van der Waals surface area (Å²) in [5.41, 5.74) is 0.739. The van der Waals surface area contributed by atoms with Crippen LogP contribution in [0, 0.1) is 11.3 Å². The number of carbonyl (C=O) groups excluding carboxylic acids is 1. The highest BCUT2D eigenvalue weighted by atomic mass is 16.3. The standard InChI is InChI=1S/C15H28N4O2/c1-11(2)13(20)15(3,4)10-17-14(21)16-7-6-12-8-18-19(5)9-12/h8-9,11,13,20H,6-7,10H2,1-5H3,(H2,16,17,21). The van der Waals surface area contributed by atoms with Crippen molar-refractivity contribution >= 4 is 6.03 Å². The molecule has 0 aliphatic rings. The van der Waals surface area contributed by atoms with Crippen LogP contribution in [0.5, 0.6) is 0 Å². The Bertz CT molecular complexity index is 454. The zero-order valence-electron chi connectivity index (χ0n) is 13.7. The number of aliphatic hydroxyl groups is 1. The Balaban J connectivity index is 2.27. The SMILES string of the molecule is CC(C)C(O)C(C)(C)CNC(=O)NCCc1cnn(C)c1. The summed E-state index contributed by atoms with van der Waals surface area (Å²) in [4.78, 5) is 11.8. The van der Waals surface area contributed by atoms with E-state index in [1.165, 1.54) is 0 Å². The van der Waals surface area contributed by atoms with E-state index >= 15 is 0 Å². The summed E-state index contributed by atoms with van der Waals surface area (Å²) >= 11 is 0. The molecule has 0 aromatic carbocycles. The molecule has 1 aromatic rings. The first-order chi connectivity index (χ1) is 9.72. The quantitative estimate of drug-likeness (QED) is 0.709. The largest absolute Gasteiger partial charge is 0.392 e. The Labute approximate surface area is 126 Å². The number of amides is 2. The zero-order valence-corrected chi connectivity index (χ0v) is 13.7. The fourth-order valence-corrected chi connectivity index (χ4v) is 2.30. The maximum atomic E-state index is 11.8. The van der Waals surface area contributed by atoms with Gasteiger partial charge in [0.05, 0.1) is 12.3 Å². The van der Waals surface area contributed by atoms with Crippen molar-refractivity contribution in [1.82, 2.24) is 20.4 Å². The van der Waals surface area contributed by atoms with Gasteiger partial charge in [0.1, 0.15) is 0 Å². The highest BCUT2D eigenvalue weighted by Gasteiger charge is 2.30. The van der Waals surface area contributed by atoms with Gasteiger partial charge in [-0.05, 0) is 17.9 Å². The number of urea groups is 1. The summed E-state index contributed by atoms with van der Waals surface area (Å²) in [5, 5.41) is 19.8. The maximum absolute atomic E-state index is 11.8. The highest BCUT2D eigenvalue weighted by Crippen LogP contribution is 2.24. The third kappa shape index (κ3) is 5.75. The van der Waals surface area contributed by atoms with Crippen LogP contribution >= 0.6 is 0 Å². The fourth-order valence-electron chi connectivity index (χ4n) is 2.30. The van der Waals surface area contributed by atoms with Gasteiger partial charge in [0.15, 0.2) is 0 Å². The number of aromatic nitrogens is 2. The fraction of sp³-hybridized carbons (Fsp3) is 0.733. The highest BCUT2D eigenvalue weighted by molar-refractivity contribution is 5.73. The number of carbonyl (C=O) groups is 1. The van der Waals surface area contributed by atoms with Crippen molar-refractivity contribution in [2.24, 2.45) is 18.4 Å². The van der Waals surface area contributed by atoms with Crippen molar-refractivity contribution < 1.29 is 9.90 Å². The molecule has 0 aliphatic heterocycles. The van der Waals surface area contributed by atoms with E-state index in [2.05, 4.69) is 15.7 Å². The van der Waals surface area contributed by atoms with Gasteiger partial charge in [0.25, 0.3) is 0 Å². The third-order valence-corrected chi connectivity index (χ3v) is 3.59. The molecular formula is C15H28N4O2. The lowest BCUT2D eigenvalue weighted by atomic mass is 9.81. The van der Waals surface area contributed by atoms with E-state index in [0.717, 1.165) is 12.0 Å². The van der Waals surface area contributed by atoms with Crippen molar-refractivity contribution in [3.8, 4) is 0 Å². The minimum absolute atomic E-state index is 0.162. The molecule has 21 heavy (non-hydrogen) atoms. The van der Waals surface area contributed by atoms with Gasteiger partial charge >= 0.3 is 6.03 Å². The van der Waals surface area contributed by atoms with Gasteiger partial charge in [-0.25, -0.2) is 4.79 Å². The summed E-state index contributed by atoms with van der Waals surface area (Å²) in [6.07, 6.45) is 4.02. The van der Waals surface area contributed by atoms with E-state index in [0.29, 0.717) is 13.1 Å². The van der Waals surface area contributed by atoms with Gasteiger partial charge in [0.2, 0.25) is 0 Å². The Morgan fingerprint density at radius 1 is 1.43 bits per heavy atom. The zero-order chi connectivity index (χ0) is 16.0. The Morgan fingerprint density at radius 2 is 2.10 bits per heavy atom. The van der Waals surface area contributed by atoms with Crippen LogP contribution in [0.25, 0.3) is 0 Å². The average Bonchev–Trinajstić information content (AvgIpc) is 2.81. The van der Waals surface area contributed by atoms with Crippen molar-refractivity contribution in [2.45, 2.75) is 40.2 Å². The van der Waals surface area contributed by atoms with Crippen LogP contribution in [0.4, 0.5) is 4.79 Å². The van der Waals surface area contributed by atoms with Gasteiger partial charge in [-0.15, -0.1) is 0 Å². The van der Waals surface area contributed by atoms with Gasteiger partial charge in [-0.3, -0.25) is 4.68 Å². The average molecular weight is 296 g/mol. The summed E-state index contributed by atoms with van der Waals surface area (Å²) < 4.78 is 1.74. The van der Waals surface area contributed by atoms with E-state index in [-0.39, 0.29) is 17.4 Å². The molecule has 6 heteroatoms. The monoisotopic (exact) mass is 296 g/mol. The molecular weight excluding hydrogens is 268 g/mol. The van der Waals surface area contributed by atoms with E-state index in [9.17, 15) is 9.90 Å². The molecule has 0 aliphatic carbocycles. The molecule has 0 radical (unpaired) electrons. The van der Waals surface area contributed by atoms with Crippen LogP contribution < -0.4 is 10.6 Å². The Hall–Kier alpha value is -1.56. The Morgan fingerprint density at radius 3 is 2.62 bits per heavy atom. The topological polar surface area (TPSA) is 79.2 Å². The van der Waals surface area contributed by atoms with Gasteiger partial charge < -0.3 is 15.7 Å². The lowest BCUT2D eigenvalue weighted by molar-refractivity contribution is 0.0151.